The van der Waals surface area contributed by atoms with Gasteiger partial charge in [0.05, 0.1) is 5.69 Å². The van der Waals surface area contributed by atoms with E-state index in [0.29, 0.717) is 5.69 Å². The van der Waals surface area contributed by atoms with Crippen molar-refractivity contribution < 1.29 is 12.8 Å². The smallest absolute Gasteiger partial charge is 0.234 e. The van der Waals surface area contributed by atoms with Crippen molar-refractivity contribution >= 4 is 16.1 Å². The Morgan fingerprint density at radius 1 is 1.19 bits per heavy atom. The molecular formula is C25H28FN3O2S. The minimum Gasteiger partial charge on any atom is -0.281 e. The van der Waals surface area contributed by atoms with Crippen LogP contribution in [-0.4, -0.2) is 18.6 Å². The molecule has 5 nitrogen and oxygen atoms in total. The lowest BCUT2D eigenvalue weighted by Crippen LogP contribution is -2.24. The van der Waals surface area contributed by atoms with Crippen LogP contribution in [0.5, 0.6) is 0 Å². The van der Waals surface area contributed by atoms with Gasteiger partial charge in [-0.2, -0.15) is 5.10 Å². The third-order valence-corrected chi connectivity index (χ3v) is 7.16. The van der Waals surface area contributed by atoms with Gasteiger partial charge < -0.3 is 0 Å². The number of aromatic amines is 1. The number of H-pyrrole nitrogens is 1. The number of sulfonamides is 1. The first-order chi connectivity index (χ1) is 15.4. The molecule has 0 saturated heterocycles. The highest BCUT2D eigenvalue weighted by Crippen LogP contribution is 2.33. The lowest BCUT2D eigenvalue weighted by atomic mass is 9.91. The zero-order chi connectivity index (χ0) is 22.6. The highest BCUT2D eigenvalue weighted by atomic mass is 32.2. The lowest BCUT2D eigenvalue weighted by molar-refractivity contribution is 0.573. The Balaban J connectivity index is 1.51. The second-order valence-electron chi connectivity index (χ2n) is 8.38. The third kappa shape index (κ3) is 5.53. The van der Waals surface area contributed by atoms with E-state index in [0.717, 1.165) is 54.5 Å². The van der Waals surface area contributed by atoms with Crippen molar-refractivity contribution in [3.8, 4) is 0 Å². The summed E-state index contributed by atoms with van der Waals surface area (Å²) in [6.45, 7) is 1.82. The summed E-state index contributed by atoms with van der Waals surface area (Å²) in [6, 6.07) is 15.8. The van der Waals surface area contributed by atoms with E-state index >= 15 is 0 Å². The SMILES string of the molecule is C[C@H](NS(=O)(=O)/C=C/c1n[nH]c2c1CCCC[C@@H]2Cc1cccc(F)c1)c1ccccc1. The Morgan fingerprint density at radius 2 is 2.00 bits per heavy atom. The highest BCUT2D eigenvalue weighted by Gasteiger charge is 2.24. The van der Waals surface area contributed by atoms with E-state index in [4.69, 9.17) is 0 Å². The van der Waals surface area contributed by atoms with Crippen LogP contribution in [0.4, 0.5) is 4.39 Å². The van der Waals surface area contributed by atoms with Crippen molar-refractivity contribution in [2.75, 3.05) is 0 Å². The molecule has 2 N–H and O–H groups in total. The second kappa shape index (κ2) is 9.79. The molecule has 1 aliphatic carbocycles. The summed E-state index contributed by atoms with van der Waals surface area (Å²) < 4.78 is 41.5. The molecule has 0 saturated carbocycles. The van der Waals surface area contributed by atoms with Crippen LogP contribution in [0.15, 0.2) is 60.0 Å². The summed E-state index contributed by atoms with van der Waals surface area (Å²) in [7, 11) is -3.63. The summed E-state index contributed by atoms with van der Waals surface area (Å²) in [6.07, 6.45) is 6.22. The summed E-state index contributed by atoms with van der Waals surface area (Å²) in [4.78, 5) is 0. The number of hydrogen-bond donors (Lipinski definition) is 2. The Bertz CT molecular complexity index is 1190. The fourth-order valence-electron chi connectivity index (χ4n) is 4.37. The monoisotopic (exact) mass is 453 g/mol. The molecule has 0 unspecified atom stereocenters. The molecule has 1 aromatic heterocycles. The molecule has 0 radical (unpaired) electrons. The average Bonchev–Trinajstić information content (AvgIpc) is 3.07. The molecular weight excluding hydrogens is 425 g/mol. The molecule has 1 aliphatic rings. The first-order valence-electron chi connectivity index (χ1n) is 11.0. The van der Waals surface area contributed by atoms with E-state index in [-0.39, 0.29) is 17.8 Å². The van der Waals surface area contributed by atoms with Crippen LogP contribution in [0.1, 0.15) is 66.2 Å². The van der Waals surface area contributed by atoms with Gasteiger partial charge in [0.1, 0.15) is 5.82 Å². The highest BCUT2D eigenvalue weighted by molar-refractivity contribution is 7.92. The topological polar surface area (TPSA) is 74.8 Å². The zero-order valence-corrected chi connectivity index (χ0v) is 18.9. The van der Waals surface area contributed by atoms with E-state index in [1.807, 2.05) is 43.3 Å². The molecule has 7 heteroatoms. The van der Waals surface area contributed by atoms with Crippen molar-refractivity contribution in [3.63, 3.8) is 0 Å². The summed E-state index contributed by atoms with van der Waals surface area (Å²) in [5.41, 5.74) is 4.61. The normalized spacial score (nSPS) is 17.8. The van der Waals surface area contributed by atoms with Gasteiger partial charge in [-0.05, 0) is 61.9 Å². The number of halogens is 1. The Morgan fingerprint density at radius 3 is 2.78 bits per heavy atom. The molecule has 4 rings (SSSR count). The molecule has 0 amide bonds. The maximum Gasteiger partial charge on any atom is 0.234 e. The largest absolute Gasteiger partial charge is 0.281 e. The molecule has 0 spiro atoms. The lowest BCUT2D eigenvalue weighted by Gasteiger charge is -2.14. The number of nitrogens with zero attached hydrogens (tertiary/aromatic N) is 1. The predicted molar refractivity (Wildman–Crippen MR) is 125 cm³/mol. The minimum atomic E-state index is -3.63. The second-order valence-corrected chi connectivity index (χ2v) is 9.97. The van der Waals surface area contributed by atoms with Gasteiger partial charge >= 0.3 is 0 Å². The van der Waals surface area contributed by atoms with E-state index in [1.54, 1.807) is 18.2 Å². The Kier molecular flexibility index (Phi) is 6.86. The fraction of sp³-hybridized carbons (Fsp3) is 0.320. The summed E-state index contributed by atoms with van der Waals surface area (Å²) in [5.74, 6) is -0.0243. The maximum absolute atomic E-state index is 13.6. The van der Waals surface area contributed by atoms with E-state index in [9.17, 15) is 12.8 Å². The van der Waals surface area contributed by atoms with E-state index in [1.165, 1.54) is 11.5 Å². The van der Waals surface area contributed by atoms with Gasteiger partial charge in [-0.3, -0.25) is 5.10 Å². The van der Waals surface area contributed by atoms with Crippen LogP contribution in [0.25, 0.3) is 6.08 Å². The van der Waals surface area contributed by atoms with Crippen molar-refractivity contribution in [2.24, 2.45) is 0 Å². The fourth-order valence-corrected chi connectivity index (χ4v) is 5.39. The van der Waals surface area contributed by atoms with Gasteiger partial charge in [-0.15, -0.1) is 0 Å². The van der Waals surface area contributed by atoms with Crippen molar-refractivity contribution in [3.05, 3.63) is 93.9 Å². The first-order valence-corrected chi connectivity index (χ1v) is 12.5. The van der Waals surface area contributed by atoms with Crippen LogP contribution < -0.4 is 4.72 Å². The number of hydrogen-bond acceptors (Lipinski definition) is 3. The Hall–Kier alpha value is -2.77. The Labute approximate surface area is 188 Å². The van der Waals surface area contributed by atoms with Crippen molar-refractivity contribution in [1.29, 1.82) is 0 Å². The molecule has 0 bridgehead atoms. The number of rotatable bonds is 7. The third-order valence-electron chi connectivity index (χ3n) is 5.99. The number of fused-ring (bicyclic) bond motifs is 1. The number of aromatic nitrogens is 2. The number of nitrogens with one attached hydrogen (secondary N) is 2. The number of benzene rings is 2. The molecule has 32 heavy (non-hydrogen) atoms. The van der Waals surface area contributed by atoms with Gasteiger partial charge in [-0.1, -0.05) is 48.9 Å². The van der Waals surface area contributed by atoms with E-state index < -0.39 is 10.0 Å². The molecule has 1 heterocycles. The molecule has 0 fully saturated rings. The summed E-state index contributed by atoms with van der Waals surface area (Å²) >= 11 is 0. The molecule has 0 aliphatic heterocycles. The van der Waals surface area contributed by atoms with Crippen molar-refractivity contribution in [1.82, 2.24) is 14.9 Å². The minimum absolute atomic E-state index is 0.205. The van der Waals surface area contributed by atoms with Gasteiger partial charge in [0.2, 0.25) is 10.0 Å². The van der Waals surface area contributed by atoms with Gasteiger partial charge in [0.25, 0.3) is 0 Å². The van der Waals surface area contributed by atoms with Crippen molar-refractivity contribution in [2.45, 2.75) is 51.0 Å². The molecule has 2 atom stereocenters. The van der Waals surface area contributed by atoms with Crippen LogP contribution in [0, 0.1) is 5.82 Å². The van der Waals surface area contributed by atoms with Gasteiger partial charge in [0.15, 0.2) is 0 Å². The predicted octanol–water partition coefficient (Wildman–Crippen LogP) is 5.25. The van der Waals surface area contributed by atoms with Crippen LogP contribution in [-0.2, 0) is 22.9 Å². The quantitative estimate of drug-likeness (QED) is 0.480. The first kappa shape index (κ1) is 22.4. The molecule has 2 aromatic carbocycles. The average molecular weight is 454 g/mol. The van der Waals surface area contributed by atoms with E-state index in [2.05, 4.69) is 14.9 Å². The van der Waals surface area contributed by atoms with Gasteiger partial charge in [0, 0.05) is 28.6 Å². The summed E-state index contributed by atoms with van der Waals surface area (Å²) in [5, 5.41) is 8.74. The zero-order valence-electron chi connectivity index (χ0n) is 18.1. The van der Waals surface area contributed by atoms with Crippen LogP contribution >= 0.6 is 0 Å². The molecule has 168 valence electrons. The molecule has 3 aromatic rings. The maximum atomic E-state index is 13.6. The van der Waals surface area contributed by atoms with Crippen LogP contribution in [0.2, 0.25) is 0 Å². The standard InChI is InChI=1S/C25H28FN3O2S/c1-18(20-9-3-2-4-10-20)29-32(30,31)15-14-24-23-13-6-5-11-21(25(23)28-27-24)16-19-8-7-12-22(26)17-19/h2-4,7-10,12,14-15,17-18,21,29H,5-6,11,13,16H2,1H3,(H,27,28)/b15-14+/t18-,21+/m0/s1. The van der Waals surface area contributed by atoms with Gasteiger partial charge in [-0.25, -0.2) is 17.5 Å². The van der Waals surface area contributed by atoms with Crippen LogP contribution in [0.3, 0.4) is 0 Å².